The molecule has 3 nitrogen and oxygen atoms in total. The summed E-state index contributed by atoms with van der Waals surface area (Å²) in [6, 6.07) is 26.2. The van der Waals surface area contributed by atoms with Gasteiger partial charge in [-0.1, -0.05) is 42.5 Å². The summed E-state index contributed by atoms with van der Waals surface area (Å²) in [6.45, 7) is 0. The molecule has 116 valence electrons. The van der Waals surface area contributed by atoms with Crippen molar-refractivity contribution >= 4 is 34.6 Å². The van der Waals surface area contributed by atoms with E-state index < -0.39 is 6.42 Å². The molecular formula is C19H13N2OPS. The van der Waals surface area contributed by atoms with Gasteiger partial charge < -0.3 is 4.52 Å². The van der Waals surface area contributed by atoms with E-state index in [1.807, 2.05) is 72.8 Å². The van der Waals surface area contributed by atoms with Gasteiger partial charge in [0.2, 0.25) is 6.42 Å². The number of hydrogen-bond acceptors (Lipinski definition) is 3. The largest absolute Gasteiger partial charge is 0.444 e. The van der Waals surface area contributed by atoms with Crippen LogP contribution in [0.25, 0.3) is 22.4 Å². The highest BCUT2D eigenvalue weighted by Crippen LogP contribution is 2.57. The van der Waals surface area contributed by atoms with Crippen LogP contribution >= 0.6 is 6.42 Å². The zero-order valence-corrected chi connectivity index (χ0v) is 14.4. The molecule has 5 rings (SSSR count). The third-order valence-electron chi connectivity index (χ3n) is 4.23. The van der Waals surface area contributed by atoms with Gasteiger partial charge in [0.25, 0.3) is 0 Å². The van der Waals surface area contributed by atoms with Crippen molar-refractivity contribution in [2.45, 2.75) is 0 Å². The lowest BCUT2D eigenvalue weighted by Gasteiger charge is -2.31. The Bertz CT molecular complexity index is 1120. The second kappa shape index (κ2) is 5.04. The van der Waals surface area contributed by atoms with Gasteiger partial charge in [-0.25, -0.2) is 4.98 Å². The fourth-order valence-corrected chi connectivity index (χ4v) is 6.49. The van der Waals surface area contributed by atoms with Gasteiger partial charge in [0.05, 0.1) is 16.6 Å². The number of rotatable bonds is 1. The first-order valence-corrected chi connectivity index (χ1v) is 10.4. The van der Waals surface area contributed by atoms with E-state index in [1.165, 1.54) is 0 Å². The van der Waals surface area contributed by atoms with Crippen LogP contribution in [0.1, 0.15) is 0 Å². The summed E-state index contributed by atoms with van der Waals surface area (Å²) < 4.78 is 8.58. The summed E-state index contributed by atoms with van der Waals surface area (Å²) in [6.07, 6.45) is -2.50. The molecule has 0 saturated carbocycles. The molecule has 0 saturated heterocycles. The lowest BCUT2D eigenvalue weighted by Crippen LogP contribution is -2.20. The van der Waals surface area contributed by atoms with Crippen LogP contribution in [0.2, 0.25) is 0 Å². The van der Waals surface area contributed by atoms with E-state index in [0.29, 0.717) is 0 Å². The molecule has 1 aliphatic rings. The third-order valence-corrected chi connectivity index (χ3v) is 7.91. The van der Waals surface area contributed by atoms with Crippen molar-refractivity contribution in [2.75, 3.05) is 0 Å². The molecule has 3 aromatic carbocycles. The van der Waals surface area contributed by atoms with Crippen molar-refractivity contribution in [3.63, 3.8) is 0 Å². The van der Waals surface area contributed by atoms with E-state index >= 15 is 0 Å². The number of imidazole rings is 1. The molecule has 0 bridgehead atoms. The Kier molecular flexibility index (Phi) is 2.93. The molecule has 0 fully saturated rings. The summed E-state index contributed by atoms with van der Waals surface area (Å²) in [5.41, 5.74) is 2.96. The zero-order chi connectivity index (χ0) is 16.1. The average molecular weight is 348 g/mol. The minimum atomic E-state index is -2.50. The van der Waals surface area contributed by atoms with Gasteiger partial charge in [0, 0.05) is 5.30 Å². The van der Waals surface area contributed by atoms with E-state index in [0.717, 1.165) is 33.5 Å². The third kappa shape index (κ3) is 1.84. The molecule has 0 spiro atoms. The summed E-state index contributed by atoms with van der Waals surface area (Å²) >= 11 is 6.14. The Balaban J connectivity index is 1.93. The summed E-state index contributed by atoms with van der Waals surface area (Å²) in [4.78, 5) is 4.86. The monoisotopic (exact) mass is 348 g/mol. The Morgan fingerprint density at radius 2 is 1.54 bits per heavy atom. The second-order valence-electron chi connectivity index (χ2n) is 5.68. The molecule has 1 unspecified atom stereocenters. The number of benzene rings is 3. The minimum Gasteiger partial charge on any atom is -0.444 e. The van der Waals surface area contributed by atoms with Crippen LogP contribution in [0.5, 0.6) is 5.75 Å². The van der Waals surface area contributed by atoms with Gasteiger partial charge in [-0.3, -0.25) is 4.34 Å². The van der Waals surface area contributed by atoms with Crippen molar-refractivity contribution in [1.29, 1.82) is 0 Å². The van der Waals surface area contributed by atoms with Crippen LogP contribution in [0, 0.1) is 0 Å². The first-order chi connectivity index (χ1) is 11.8. The van der Waals surface area contributed by atoms with Gasteiger partial charge in [-0.15, -0.1) is 0 Å². The smallest absolute Gasteiger partial charge is 0.240 e. The van der Waals surface area contributed by atoms with Gasteiger partial charge in [-0.05, 0) is 48.2 Å². The minimum absolute atomic E-state index is 0.812. The van der Waals surface area contributed by atoms with Crippen LogP contribution in [0.3, 0.4) is 0 Å². The first kappa shape index (κ1) is 14.0. The molecule has 1 aromatic heterocycles. The standard InChI is InChI=1S/C19H13N2OPS/c24-23(14-8-2-1-3-9-14)21-17-12-6-5-11-16(17)20-19(21)15-10-4-7-13-18(15)22-23/h1-13H. The van der Waals surface area contributed by atoms with Crippen LogP contribution in [-0.2, 0) is 11.8 Å². The predicted molar refractivity (Wildman–Crippen MR) is 102 cm³/mol. The number of aromatic nitrogens is 2. The predicted octanol–water partition coefficient (Wildman–Crippen LogP) is 4.58. The van der Waals surface area contributed by atoms with Crippen LogP contribution in [0.15, 0.2) is 78.9 Å². The fraction of sp³-hybridized carbons (Fsp3) is 0. The second-order valence-corrected chi connectivity index (χ2v) is 9.30. The van der Waals surface area contributed by atoms with Crippen molar-refractivity contribution in [3.8, 4) is 17.1 Å². The van der Waals surface area contributed by atoms with E-state index in [-0.39, 0.29) is 0 Å². The number of nitrogens with zero attached hydrogens (tertiary/aromatic N) is 2. The maximum atomic E-state index is 6.45. The van der Waals surface area contributed by atoms with E-state index in [9.17, 15) is 0 Å². The fourth-order valence-electron chi connectivity index (χ4n) is 3.14. The molecule has 24 heavy (non-hydrogen) atoms. The highest BCUT2D eigenvalue weighted by Gasteiger charge is 2.35. The van der Waals surface area contributed by atoms with Crippen LogP contribution in [0.4, 0.5) is 0 Å². The molecule has 2 heterocycles. The normalized spacial score (nSPS) is 18.7. The highest BCUT2D eigenvalue weighted by atomic mass is 32.4. The first-order valence-electron chi connectivity index (χ1n) is 7.70. The Morgan fingerprint density at radius 1 is 0.833 bits per heavy atom. The summed E-state index contributed by atoms with van der Waals surface area (Å²) in [5, 5.41) is 1.03. The van der Waals surface area contributed by atoms with E-state index in [1.54, 1.807) is 0 Å². The van der Waals surface area contributed by atoms with Crippen molar-refractivity contribution in [2.24, 2.45) is 0 Å². The number of fused-ring (bicyclic) bond motifs is 5. The lowest BCUT2D eigenvalue weighted by atomic mass is 10.2. The van der Waals surface area contributed by atoms with Crippen LogP contribution in [-0.4, -0.2) is 9.32 Å². The molecule has 1 aliphatic heterocycles. The van der Waals surface area contributed by atoms with E-state index in [2.05, 4.69) is 10.4 Å². The van der Waals surface area contributed by atoms with Gasteiger partial charge in [-0.2, -0.15) is 0 Å². The molecule has 1 atom stereocenters. The van der Waals surface area contributed by atoms with Crippen molar-refractivity contribution in [1.82, 2.24) is 9.32 Å². The molecule has 0 radical (unpaired) electrons. The van der Waals surface area contributed by atoms with Crippen LogP contribution < -0.4 is 9.83 Å². The van der Waals surface area contributed by atoms with Gasteiger partial charge >= 0.3 is 0 Å². The van der Waals surface area contributed by atoms with Crippen molar-refractivity contribution < 1.29 is 4.52 Å². The van der Waals surface area contributed by atoms with Gasteiger partial charge in [0.1, 0.15) is 5.75 Å². The Morgan fingerprint density at radius 3 is 2.42 bits per heavy atom. The molecule has 4 aromatic rings. The van der Waals surface area contributed by atoms with Gasteiger partial charge in [0.15, 0.2) is 5.82 Å². The molecular weight excluding hydrogens is 335 g/mol. The summed E-state index contributed by atoms with van der Waals surface area (Å²) in [5.74, 6) is 1.71. The maximum absolute atomic E-state index is 6.45. The lowest BCUT2D eigenvalue weighted by molar-refractivity contribution is 0.605. The van der Waals surface area contributed by atoms with E-state index in [4.69, 9.17) is 21.3 Å². The highest BCUT2D eigenvalue weighted by molar-refractivity contribution is 8.15. The number of para-hydroxylation sites is 3. The SMILES string of the molecule is S=P1(c2ccccc2)Oc2ccccc2-c2nc3ccccc3n21. The Labute approximate surface area is 144 Å². The Hall–Kier alpha value is -2.42. The summed E-state index contributed by atoms with van der Waals surface area (Å²) in [7, 11) is 0. The van der Waals surface area contributed by atoms with Crippen molar-refractivity contribution in [3.05, 3.63) is 78.9 Å². The number of hydrogen-bond donors (Lipinski definition) is 0. The average Bonchev–Trinajstić information content (AvgIpc) is 3.03. The molecule has 5 heteroatoms. The molecule has 0 amide bonds. The quantitative estimate of drug-likeness (QED) is 0.471. The molecule has 0 N–H and O–H groups in total. The molecule has 0 aliphatic carbocycles. The maximum Gasteiger partial charge on any atom is 0.240 e. The zero-order valence-electron chi connectivity index (χ0n) is 12.7. The topological polar surface area (TPSA) is 27.1 Å².